The van der Waals surface area contributed by atoms with Gasteiger partial charge in [0.1, 0.15) is 5.75 Å². The van der Waals surface area contributed by atoms with Gasteiger partial charge in [0.05, 0.1) is 12.8 Å². The Morgan fingerprint density at radius 3 is 2.20 bits per heavy atom. The van der Waals surface area contributed by atoms with Crippen LogP contribution in [0.15, 0.2) is 91.1 Å². The lowest BCUT2D eigenvalue weighted by Gasteiger charge is -2.07. The second kappa shape index (κ2) is 7.97. The van der Waals surface area contributed by atoms with Gasteiger partial charge in [-0.15, -0.1) is 0 Å². The van der Waals surface area contributed by atoms with Crippen LogP contribution >= 0.6 is 0 Å². The third-order valence-electron chi connectivity index (χ3n) is 3.86. The maximum absolute atomic E-state index is 12.3. The minimum absolute atomic E-state index is 0.0537. The Labute approximate surface area is 147 Å². The van der Waals surface area contributed by atoms with Crippen LogP contribution in [0.5, 0.6) is 5.75 Å². The maximum atomic E-state index is 12.3. The molecule has 0 heterocycles. The predicted octanol–water partition coefficient (Wildman–Crippen LogP) is 5.17. The number of allylic oxidation sites excluding steroid dienone is 1. The van der Waals surface area contributed by atoms with E-state index in [0.717, 1.165) is 22.6 Å². The number of rotatable bonds is 6. The number of methoxy groups -OCH3 is 1. The van der Waals surface area contributed by atoms with Crippen LogP contribution in [0.2, 0.25) is 0 Å². The Hall–Kier alpha value is -3.33. The number of anilines is 1. The number of ketones is 1. The molecule has 3 heteroatoms. The molecule has 0 aromatic heterocycles. The van der Waals surface area contributed by atoms with Gasteiger partial charge in [0.2, 0.25) is 0 Å². The quantitative estimate of drug-likeness (QED) is 0.501. The minimum Gasteiger partial charge on any atom is -0.495 e. The van der Waals surface area contributed by atoms with Crippen molar-refractivity contribution in [2.75, 3.05) is 12.4 Å². The molecule has 0 atom stereocenters. The normalized spacial score (nSPS) is 10.6. The van der Waals surface area contributed by atoms with E-state index in [0.29, 0.717) is 5.56 Å². The lowest BCUT2D eigenvalue weighted by atomic mass is 10.0. The molecule has 0 unspecified atom stereocenters. The number of para-hydroxylation sites is 2. The third-order valence-corrected chi connectivity index (χ3v) is 3.86. The maximum Gasteiger partial charge on any atom is 0.187 e. The van der Waals surface area contributed by atoms with Crippen LogP contribution < -0.4 is 10.1 Å². The lowest BCUT2D eigenvalue weighted by Crippen LogP contribution is -1.97. The summed E-state index contributed by atoms with van der Waals surface area (Å²) in [6.45, 7) is 0. The number of ether oxygens (including phenoxy) is 1. The zero-order chi connectivity index (χ0) is 17.5. The average molecular weight is 329 g/mol. The van der Waals surface area contributed by atoms with E-state index in [1.807, 2.05) is 78.9 Å². The van der Waals surface area contributed by atoms with Gasteiger partial charge in [-0.3, -0.25) is 4.79 Å². The summed E-state index contributed by atoms with van der Waals surface area (Å²) in [7, 11) is 1.61. The first-order valence-corrected chi connectivity index (χ1v) is 8.04. The molecule has 0 saturated heterocycles. The predicted molar refractivity (Wildman–Crippen MR) is 102 cm³/mol. The van der Waals surface area contributed by atoms with Crippen LogP contribution in [0.25, 0.3) is 11.1 Å². The Kier molecular flexibility index (Phi) is 5.27. The third kappa shape index (κ3) is 4.15. The van der Waals surface area contributed by atoms with Gasteiger partial charge in [-0.2, -0.15) is 0 Å². The first kappa shape index (κ1) is 16.5. The molecule has 0 aliphatic heterocycles. The molecule has 3 nitrogen and oxygen atoms in total. The molecule has 0 fully saturated rings. The smallest absolute Gasteiger partial charge is 0.187 e. The average Bonchev–Trinajstić information content (AvgIpc) is 2.69. The minimum atomic E-state index is -0.0537. The summed E-state index contributed by atoms with van der Waals surface area (Å²) >= 11 is 0. The fraction of sp³-hybridized carbons (Fsp3) is 0.0455. The Morgan fingerprint density at radius 2 is 1.48 bits per heavy atom. The van der Waals surface area contributed by atoms with Gasteiger partial charge in [-0.1, -0.05) is 66.7 Å². The second-order valence-corrected chi connectivity index (χ2v) is 5.49. The first-order chi connectivity index (χ1) is 12.3. The fourth-order valence-electron chi connectivity index (χ4n) is 2.52. The fourth-order valence-corrected chi connectivity index (χ4v) is 2.52. The summed E-state index contributed by atoms with van der Waals surface area (Å²) in [5.74, 6) is 0.675. The van der Waals surface area contributed by atoms with Gasteiger partial charge in [0.15, 0.2) is 5.78 Å². The Morgan fingerprint density at radius 1 is 0.840 bits per heavy atom. The van der Waals surface area contributed by atoms with E-state index in [2.05, 4.69) is 5.32 Å². The highest BCUT2D eigenvalue weighted by Gasteiger charge is 2.03. The zero-order valence-corrected chi connectivity index (χ0v) is 14.0. The molecule has 0 aliphatic rings. The van der Waals surface area contributed by atoms with E-state index in [-0.39, 0.29) is 5.78 Å². The Balaban J connectivity index is 1.67. The van der Waals surface area contributed by atoms with Crippen LogP contribution in [0.3, 0.4) is 0 Å². The van der Waals surface area contributed by atoms with Crippen molar-refractivity contribution in [1.29, 1.82) is 0 Å². The van der Waals surface area contributed by atoms with E-state index in [9.17, 15) is 4.79 Å². The number of carbonyl (C=O) groups excluding carboxylic acids is 1. The van der Waals surface area contributed by atoms with Gasteiger partial charge in [0.25, 0.3) is 0 Å². The number of carbonyl (C=O) groups is 1. The van der Waals surface area contributed by atoms with Crippen molar-refractivity contribution in [1.82, 2.24) is 0 Å². The number of hydrogen-bond donors (Lipinski definition) is 1. The van der Waals surface area contributed by atoms with Crippen LogP contribution in [0.4, 0.5) is 5.69 Å². The largest absolute Gasteiger partial charge is 0.495 e. The molecule has 0 aliphatic carbocycles. The van der Waals surface area contributed by atoms with Crippen molar-refractivity contribution in [3.05, 3.63) is 96.7 Å². The SMILES string of the molecule is COc1ccccc1N/C=C/C(=O)c1ccc(-c2ccccc2)cc1. The molecular formula is C22H19NO2. The molecule has 0 radical (unpaired) electrons. The first-order valence-electron chi connectivity index (χ1n) is 8.04. The van der Waals surface area contributed by atoms with Crippen molar-refractivity contribution < 1.29 is 9.53 Å². The molecule has 0 spiro atoms. The van der Waals surface area contributed by atoms with Crippen LogP contribution in [-0.4, -0.2) is 12.9 Å². The molecule has 3 rings (SSSR count). The van der Waals surface area contributed by atoms with Crippen molar-refractivity contribution in [3.8, 4) is 16.9 Å². The highest BCUT2D eigenvalue weighted by molar-refractivity contribution is 6.04. The van der Waals surface area contributed by atoms with Gasteiger partial charge >= 0.3 is 0 Å². The van der Waals surface area contributed by atoms with Crippen molar-refractivity contribution in [2.45, 2.75) is 0 Å². The summed E-state index contributed by atoms with van der Waals surface area (Å²) in [6.07, 6.45) is 3.15. The number of hydrogen-bond acceptors (Lipinski definition) is 3. The van der Waals surface area contributed by atoms with Crippen LogP contribution in [0.1, 0.15) is 10.4 Å². The van der Waals surface area contributed by atoms with Crippen molar-refractivity contribution >= 4 is 11.5 Å². The molecule has 0 saturated carbocycles. The lowest BCUT2D eigenvalue weighted by molar-refractivity contribution is 0.104. The van der Waals surface area contributed by atoms with E-state index in [1.54, 1.807) is 13.3 Å². The summed E-state index contributed by atoms with van der Waals surface area (Å²) in [5, 5.41) is 3.08. The molecule has 1 N–H and O–H groups in total. The van der Waals surface area contributed by atoms with Gasteiger partial charge < -0.3 is 10.1 Å². The molecular weight excluding hydrogens is 310 g/mol. The van der Waals surface area contributed by atoms with Crippen LogP contribution in [0, 0.1) is 0 Å². The summed E-state index contributed by atoms with van der Waals surface area (Å²) < 4.78 is 5.26. The molecule has 3 aromatic rings. The summed E-state index contributed by atoms with van der Waals surface area (Å²) in [4.78, 5) is 12.3. The molecule has 3 aromatic carbocycles. The second-order valence-electron chi connectivity index (χ2n) is 5.49. The van der Waals surface area contributed by atoms with Crippen molar-refractivity contribution in [3.63, 3.8) is 0 Å². The number of benzene rings is 3. The van der Waals surface area contributed by atoms with E-state index in [4.69, 9.17) is 4.74 Å². The zero-order valence-electron chi connectivity index (χ0n) is 14.0. The topological polar surface area (TPSA) is 38.3 Å². The summed E-state index contributed by atoms with van der Waals surface area (Å²) in [6, 6.07) is 25.3. The molecule has 0 bridgehead atoms. The van der Waals surface area contributed by atoms with Gasteiger partial charge in [0, 0.05) is 17.8 Å². The van der Waals surface area contributed by atoms with E-state index >= 15 is 0 Å². The molecule has 25 heavy (non-hydrogen) atoms. The van der Waals surface area contributed by atoms with Crippen molar-refractivity contribution in [2.24, 2.45) is 0 Å². The number of nitrogens with one attached hydrogen (secondary N) is 1. The van der Waals surface area contributed by atoms with Gasteiger partial charge in [-0.05, 0) is 23.3 Å². The van der Waals surface area contributed by atoms with Gasteiger partial charge in [-0.25, -0.2) is 0 Å². The van der Waals surface area contributed by atoms with Crippen LogP contribution in [-0.2, 0) is 0 Å². The standard InChI is InChI=1S/C22H19NO2/c1-25-22-10-6-5-9-20(22)23-16-15-21(24)19-13-11-18(12-14-19)17-7-3-2-4-8-17/h2-16,23H,1H3/b16-15+. The molecule has 124 valence electrons. The highest BCUT2D eigenvalue weighted by Crippen LogP contribution is 2.23. The monoisotopic (exact) mass is 329 g/mol. The van der Waals surface area contributed by atoms with E-state index < -0.39 is 0 Å². The Bertz CT molecular complexity index is 868. The molecule has 0 amide bonds. The van der Waals surface area contributed by atoms with E-state index in [1.165, 1.54) is 6.08 Å². The summed E-state index contributed by atoms with van der Waals surface area (Å²) in [5.41, 5.74) is 3.69. The highest BCUT2D eigenvalue weighted by atomic mass is 16.5.